The average molecular weight is 330 g/mol. The smallest absolute Gasteiger partial charge is 0.144 e. The monoisotopic (exact) mass is 328 g/mol. The van der Waals surface area contributed by atoms with E-state index in [9.17, 15) is 4.39 Å². The van der Waals surface area contributed by atoms with E-state index < -0.39 is 5.82 Å². The number of fused-ring (bicyclic) bond motifs is 1. The Bertz CT molecular complexity index is 781. The largest absolute Gasteiger partial charge is 0.295 e. The summed E-state index contributed by atoms with van der Waals surface area (Å²) < 4.78 is 15.5. The first kappa shape index (κ1) is 13.7. The number of benzene rings is 2. The second-order valence-electron chi connectivity index (χ2n) is 4.23. The van der Waals surface area contributed by atoms with Crippen LogP contribution in [-0.4, -0.2) is 9.55 Å². The molecule has 0 saturated carbocycles. The Labute approximate surface area is 129 Å². The maximum absolute atomic E-state index is 13.7. The quantitative estimate of drug-likeness (QED) is 0.590. The molecule has 3 rings (SSSR count). The lowest BCUT2D eigenvalue weighted by Crippen LogP contribution is -1.99. The van der Waals surface area contributed by atoms with Gasteiger partial charge in [-0.25, -0.2) is 9.37 Å². The Morgan fingerprint density at radius 2 is 1.80 bits per heavy atom. The minimum absolute atomic E-state index is 0.0411. The summed E-state index contributed by atoms with van der Waals surface area (Å²) in [5, 5.41) is 0.666. The van der Waals surface area contributed by atoms with Crippen molar-refractivity contribution in [1.82, 2.24) is 9.55 Å². The van der Waals surface area contributed by atoms with Crippen LogP contribution in [0.2, 0.25) is 10.0 Å². The van der Waals surface area contributed by atoms with E-state index in [1.165, 1.54) is 12.1 Å². The highest BCUT2D eigenvalue weighted by Gasteiger charge is 2.14. The predicted molar refractivity (Wildman–Crippen MR) is 80.6 cm³/mol. The molecule has 1 heterocycles. The Kier molecular flexibility index (Phi) is 3.59. The maximum atomic E-state index is 13.7. The molecule has 0 aliphatic rings. The molecular weight excluding hydrogens is 322 g/mol. The topological polar surface area (TPSA) is 17.8 Å². The van der Waals surface area contributed by atoms with E-state index in [0.29, 0.717) is 21.9 Å². The molecule has 0 radical (unpaired) electrons. The van der Waals surface area contributed by atoms with Gasteiger partial charge in [0.2, 0.25) is 0 Å². The van der Waals surface area contributed by atoms with Gasteiger partial charge in [0.15, 0.2) is 0 Å². The third-order valence-corrected chi connectivity index (χ3v) is 3.75. The van der Waals surface area contributed by atoms with E-state index in [1.54, 1.807) is 16.7 Å². The first-order valence-electron chi connectivity index (χ1n) is 5.78. The molecule has 20 heavy (non-hydrogen) atoms. The highest BCUT2D eigenvalue weighted by Crippen LogP contribution is 2.27. The Morgan fingerprint density at radius 3 is 2.45 bits per heavy atom. The summed E-state index contributed by atoms with van der Waals surface area (Å²) in [4.78, 5) is 4.38. The number of hydrogen-bond acceptors (Lipinski definition) is 1. The number of imidazole rings is 1. The van der Waals surface area contributed by atoms with E-state index in [4.69, 9.17) is 34.8 Å². The molecule has 3 aromatic rings. The van der Waals surface area contributed by atoms with Crippen LogP contribution in [0.15, 0.2) is 36.4 Å². The lowest BCUT2D eigenvalue weighted by Gasteiger charge is -2.08. The normalized spacial score (nSPS) is 11.2. The minimum Gasteiger partial charge on any atom is -0.295 e. The number of aromatic nitrogens is 2. The van der Waals surface area contributed by atoms with Gasteiger partial charge in [-0.05, 0) is 30.3 Å². The number of rotatable bonds is 2. The third kappa shape index (κ3) is 2.26. The zero-order valence-corrected chi connectivity index (χ0v) is 12.3. The standard InChI is InChI=1S/C14H8Cl3FN2/c15-7-14-19-12-5-10(17)11(18)6-13(12)20(14)9-3-1-8(16)2-4-9/h1-6H,7H2. The Morgan fingerprint density at radius 1 is 1.10 bits per heavy atom. The molecule has 0 unspecified atom stereocenters. The van der Waals surface area contributed by atoms with Crippen molar-refractivity contribution in [3.8, 4) is 5.69 Å². The van der Waals surface area contributed by atoms with Crippen LogP contribution < -0.4 is 0 Å². The van der Waals surface area contributed by atoms with Crippen molar-refractivity contribution in [3.63, 3.8) is 0 Å². The van der Waals surface area contributed by atoms with Crippen LogP contribution >= 0.6 is 34.8 Å². The van der Waals surface area contributed by atoms with Crippen LogP contribution in [-0.2, 0) is 5.88 Å². The molecule has 2 nitrogen and oxygen atoms in total. The molecule has 0 bridgehead atoms. The number of alkyl halides is 1. The zero-order chi connectivity index (χ0) is 14.3. The summed E-state index contributed by atoms with van der Waals surface area (Å²) >= 11 is 17.6. The van der Waals surface area contributed by atoms with Crippen LogP contribution in [0.25, 0.3) is 16.7 Å². The lowest BCUT2D eigenvalue weighted by molar-refractivity contribution is 0.629. The van der Waals surface area contributed by atoms with Crippen LogP contribution in [0.5, 0.6) is 0 Å². The fourth-order valence-electron chi connectivity index (χ4n) is 2.09. The number of hydrogen-bond donors (Lipinski definition) is 0. The van der Waals surface area contributed by atoms with Crippen LogP contribution in [0, 0.1) is 5.82 Å². The van der Waals surface area contributed by atoms with Gasteiger partial charge in [0.05, 0.1) is 21.9 Å². The van der Waals surface area contributed by atoms with Gasteiger partial charge >= 0.3 is 0 Å². The van der Waals surface area contributed by atoms with E-state index in [1.807, 2.05) is 12.1 Å². The van der Waals surface area contributed by atoms with Gasteiger partial charge in [0, 0.05) is 16.8 Å². The first-order chi connectivity index (χ1) is 9.60. The Balaban J connectivity index is 2.32. The third-order valence-electron chi connectivity index (χ3n) is 2.97. The van der Waals surface area contributed by atoms with Crippen molar-refractivity contribution in [1.29, 1.82) is 0 Å². The van der Waals surface area contributed by atoms with Gasteiger partial charge in [-0.1, -0.05) is 23.2 Å². The second-order valence-corrected chi connectivity index (χ2v) is 5.34. The van der Waals surface area contributed by atoms with Crippen LogP contribution in [0.4, 0.5) is 4.39 Å². The van der Waals surface area contributed by atoms with Gasteiger partial charge in [-0.2, -0.15) is 0 Å². The van der Waals surface area contributed by atoms with Gasteiger partial charge in [0.1, 0.15) is 11.6 Å². The lowest BCUT2D eigenvalue weighted by atomic mass is 10.2. The van der Waals surface area contributed by atoms with Gasteiger partial charge < -0.3 is 0 Å². The van der Waals surface area contributed by atoms with E-state index in [2.05, 4.69) is 4.98 Å². The molecule has 0 spiro atoms. The fraction of sp³-hybridized carbons (Fsp3) is 0.0714. The molecule has 0 atom stereocenters. The van der Waals surface area contributed by atoms with Crippen molar-refractivity contribution in [3.05, 3.63) is 58.1 Å². The molecular formula is C14H8Cl3FN2. The van der Waals surface area contributed by atoms with Crippen molar-refractivity contribution in [2.24, 2.45) is 0 Å². The average Bonchev–Trinajstić information content (AvgIpc) is 2.78. The molecule has 0 N–H and O–H groups in total. The number of nitrogens with zero attached hydrogens (tertiary/aromatic N) is 2. The molecule has 0 aliphatic heterocycles. The first-order valence-corrected chi connectivity index (χ1v) is 7.07. The fourth-order valence-corrected chi connectivity index (χ4v) is 2.55. The van der Waals surface area contributed by atoms with E-state index in [0.717, 1.165) is 5.69 Å². The Hall–Kier alpha value is -1.29. The summed E-state index contributed by atoms with van der Waals surface area (Å²) in [6.07, 6.45) is 0. The van der Waals surface area contributed by atoms with Gasteiger partial charge in [-0.15, -0.1) is 11.6 Å². The summed E-state index contributed by atoms with van der Waals surface area (Å²) in [6, 6.07) is 10.0. The highest BCUT2D eigenvalue weighted by molar-refractivity contribution is 6.31. The predicted octanol–water partition coefficient (Wildman–Crippen LogP) is 5.21. The molecule has 1 aromatic heterocycles. The van der Waals surface area contributed by atoms with Crippen molar-refractivity contribution in [2.75, 3.05) is 0 Å². The SMILES string of the molecule is Fc1cc2c(cc1Cl)nc(CCl)n2-c1ccc(Cl)cc1. The van der Waals surface area contributed by atoms with Crippen molar-refractivity contribution in [2.45, 2.75) is 5.88 Å². The number of halogens is 4. The van der Waals surface area contributed by atoms with Crippen LogP contribution in [0.3, 0.4) is 0 Å². The van der Waals surface area contributed by atoms with Gasteiger partial charge in [-0.3, -0.25) is 4.57 Å². The van der Waals surface area contributed by atoms with Crippen molar-refractivity contribution < 1.29 is 4.39 Å². The van der Waals surface area contributed by atoms with Crippen LogP contribution in [0.1, 0.15) is 5.82 Å². The molecule has 0 amide bonds. The summed E-state index contributed by atoms with van der Waals surface area (Å²) in [7, 11) is 0. The molecule has 6 heteroatoms. The zero-order valence-electron chi connectivity index (χ0n) is 10.1. The molecule has 0 saturated heterocycles. The molecule has 0 aliphatic carbocycles. The summed E-state index contributed by atoms with van der Waals surface area (Å²) in [5.41, 5.74) is 2.03. The molecule has 102 valence electrons. The van der Waals surface area contributed by atoms with E-state index in [-0.39, 0.29) is 10.9 Å². The van der Waals surface area contributed by atoms with Crippen molar-refractivity contribution >= 4 is 45.8 Å². The maximum Gasteiger partial charge on any atom is 0.144 e. The molecule has 2 aromatic carbocycles. The van der Waals surface area contributed by atoms with E-state index >= 15 is 0 Å². The molecule has 0 fully saturated rings. The second kappa shape index (κ2) is 5.24. The summed E-state index contributed by atoms with van der Waals surface area (Å²) in [6.45, 7) is 0. The minimum atomic E-state index is -0.490. The summed E-state index contributed by atoms with van der Waals surface area (Å²) in [5.74, 6) is 0.331. The highest BCUT2D eigenvalue weighted by atomic mass is 35.5. The van der Waals surface area contributed by atoms with Gasteiger partial charge in [0.25, 0.3) is 0 Å².